The van der Waals surface area contributed by atoms with Crippen LogP contribution in [0.5, 0.6) is 0 Å². The van der Waals surface area contributed by atoms with E-state index in [0.29, 0.717) is 20.9 Å². The number of nitrogens with zero attached hydrogens (tertiary/aromatic N) is 3. The highest BCUT2D eigenvalue weighted by Crippen LogP contribution is 2.29. The lowest BCUT2D eigenvalue weighted by atomic mass is 10.1. The van der Waals surface area contributed by atoms with Crippen molar-refractivity contribution in [1.82, 2.24) is 14.8 Å². The highest BCUT2D eigenvalue weighted by Gasteiger charge is 2.16. The maximum absolute atomic E-state index is 13.3. The largest absolute Gasteiger partial charge is 0.294 e. The van der Waals surface area contributed by atoms with Crippen LogP contribution in [-0.2, 0) is 6.54 Å². The summed E-state index contributed by atoms with van der Waals surface area (Å²) >= 11 is 7.44. The van der Waals surface area contributed by atoms with Gasteiger partial charge in [0.25, 0.3) is 5.56 Å². The van der Waals surface area contributed by atoms with Gasteiger partial charge in [-0.3, -0.25) is 4.79 Å². The summed E-state index contributed by atoms with van der Waals surface area (Å²) < 4.78 is 15.4. The molecule has 0 saturated heterocycles. The minimum absolute atomic E-state index is 0.254. The van der Waals surface area contributed by atoms with E-state index >= 15 is 0 Å². The van der Waals surface area contributed by atoms with E-state index in [1.54, 1.807) is 24.3 Å². The zero-order valence-corrected chi connectivity index (χ0v) is 15.3. The molecule has 0 aliphatic rings. The summed E-state index contributed by atoms with van der Waals surface area (Å²) in [7, 11) is 0. The first kappa shape index (κ1) is 16.9. The Hall–Kier alpha value is -2.57. The quantitative estimate of drug-likeness (QED) is 0.515. The van der Waals surface area contributed by atoms with Crippen LogP contribution >= 0.6 is 22.9 Å². The molecule has 2 aromatic heterocycles. The average molecular weight is 386 g/mol. The summed E-state index contributed by atoms with van der Waals surface area (Å²) in [6.45, 7) is 2.12. The van der Waals surface area contributed by atoms with Crippen LogP contribution in [0.25, 0.3) is 21.5 Å². The van der Waals surface area contributed by atoms with Gasteiger partial charge >= 0.3 is 0 Å². The normalized spacial score (nSPS) is 11.2. The lowest BCUT2D eigenvalue weighted by molar-refractivity contribution is 0.627. The Morgan fingerprint density at radius 3 is 2.69 bits per heavy atom. The fourth-order valence-corrected chi connectivity index (χ4v) is 3.91. The van der Waals surface area contributed by atoms with E-state index in [0.717, 1.165) is 16.1 Å². The van der Waals surface area contributed by atoms with Crippen LogP contribution in [0.1, 0.15) is 10.6 Å². The van der Waals surface area contributed by atoms with Crippen molar-refractivity contribution in [3.05, 3.63) is 80.3 Å². The lowest BCUT2D eigenvalue weighted by Gasteiger charge is -2.09. The van der Waals surface area contributed by atoms with Crippen LogP contribution in [0.15, 0.2) is 53.3 Å². The van der Waals surface area contributed by atoms with Crippen LogP contribution in [0.4, 0.5) is 4.39 Å². The Labute approximate surface area is 157 Å². The summed E-state index contributed by atoms with van der Waals surface area (Å²) in [5, 5.41) is 5.93. The third kappa shape index (κ3) is 3.13. The SMILES string of the molecule is Cc1nc2c(=O)n(Cc3cccc(Cl)c3)nc(-c3ccc(F)cc3)c2s1. The zero-order chi connectivity index (χ0) is 18.3. The van der Waals surface area contributed by atoms with E-state index in [1.807, 2.05) is 19.1 Å². The minimum atomic E-state index is -0.322. The molecule has 7 heteroatoms. The molecule has 0 amide bonds. The van der Waals surface area contributed by atoms with Crippen molar-refractivity contribution in [2.75, 3.05) is 0 Å². The molecule has 0 aliphatic heterocycles. The van der Waals surface area contributed by atoms with Crippen LogP contribution in [0.2, 0.25) is 5.02 Å². The molecular formula is C19H13ClFN3OS. The third-order valence-corrected chi connectivity index (χ3v) is 5.16. The number of hydrogen-bond donors (Lipinski definition) is 0. The Kier molecular flexibility index (Phi) is 4.30. The number of benzene rings is 2. The van der Waals surface area contributed by atoms with Gasteiger partial charge in [-0.15, -0.1) is 11.3 Å². The second-order valence-electron chi connectivity index (χ2n) is 5.86. The van der Waals surface area contributed by atoms with Gasteiger partial charge in [-0.25, -0.2) is 14.1 Å². The van der Waals surface area contributed by atoms with Gasteiger partial charge in [-0.1, -0.05) is 23.7 Å². The molecule has 2 aromatic carbocycles. The van der Waals surface area contributed by atoms with Gasteiger partial charge in [-0.05, 0) is 48.9 Å². The maximum Gasteiger partial charge on any atom is 0.294 e. The summed E-state index contributed by atoms with van der Waals surface area (Å²) in [6, 6.07) is 13.3. The monoisotopic (exact) mass is 385 g/mol. The molecule has 0 N–H and O–H groups in total. The first-order valence-corrected chi connectivity index (χ1v) is 9.09. The molecule has 4 rings (SSSR count). The molecule has 4 nitrogen and oxygen atoms in total. The highest BCUT2D eigenvalue weighted by atomic mass is 35.5. The van der Waals surface area contributed by atoms with Gasteiger partial charge in [0.05, 0.1) is 16.3 Å². The lowest BCUT2D eigenvalue weighted by Crippen LogP contribution is -2.24. The Morgan fingerprint density at radius 2 is 1.96 bits per heavy atom. The number of thiazole rings is 1. The molecular weight excluding hydrogens is 373 g/mol. The van der Waals surface area contributed by atoms with Gasteiger partial charge in [-0.2, -0.15) is 5.10 Å². The van der Waals surface area contributed by atoms with Crippen molar-refractivity contribution >= 4 is 33.2 Å². The number of hydrogen-bond acceptors (Lipinski definition) is 4. The summed E-state index contributed by atoms with van der Waals surface area (Å²) in [6.07, 6.45) is 0. The second kappa shape index (κ2) is 6.63. The van der Waals surface area contributed by atoms with Gasteiger partial charge in [0, 0.05) is 10.6 Å². The Balaban J connectivity index is 1.92. The van der Waals surface area contributed by atoms with Gasteiger partial charge in [0.1, 0.15) is 11.5 Å². The van der Waals surface area contributed by atoms with E-state index in [9.17, 15) is 9.18 Å². The Morgan fingerprint density at radius 1 is 1.19 bits per heavy atom. The van der Waals surface area contributed by atoms with Crippen LogP contribution < -0.4 is 5.56 Å². The van der Waals surface area contributed by atoms with E-state index in [-0.39, 0.29) is 17.9 Å². The highest BCUT2D eigenvalue weighted by molar-refractivity contribution is 7.19. The van der Waals surface area contributed by atoms with E-state index in [2.05, 4.69) is 10.1 Å². The molecule has 0 spiro atoms. The molecule has 0 atom stereocenters. The smallest absolute Gasteiger partial charge is 0.265 e. The fraction of sp³-hybridized carbons (Fsp3) is 0.105. The summed E-state index contributed by atoms with van der Waals surface area (Å²) in [5.41, 5.74) is 2.34. The van der Waals surface area contributed by atoms with Gasteiger partial charge < -0.3 is 0 Å². The molecule has 130 valence electrons. The molecule has 0 fully saturated rings. The number of aromatic nitrogens is 3. The number of rotatable bonds is 3. The predicted molar refractivity (Wildman–Crippen MR) is 102 cm³/mol. The van der Waals surface area contributed by atoms with E-state index in [1.165, 1.54) is 28.2 Å². The van der Waals surface area contributed by atoms with Crippen molar-refractivity contribution in [2.24, 2.45) is 0 Å². The fourth-order valence-electron chi connectivity index (χ4n) is 2.78. The van der Waals surface area contributed by atoms with Crippen molar-refractivity contribution in [3.8, 4) is 11.3 Å². The van der Waals surface area contributed by atoms with Crippen LogP contribution in [0, 0.1) is 12.7 Å². The van der Waals surface area contributed by atoms with Crippen LogP contribution in [0.3, 0.4) is 0 Å². The first-order valence-electron chi connectivity index (χ1n) is 7.90. The van der Waals surface area contributed by atoms with E-state index in [4.69, 9.17) is 11.6 Å². The molecule has 4 aromatic rings. The first-order chi connectivity index (χ1) is 12.5. The molecule has 2 heterocycles. The number of halogens is 2. The molecule has 26 heavy (non-hydrogen) atoms. The van der Waals surface area contributed by atoms with Gasteiger partial charge in [0.15, 0.2) is 5.52 Å². The molecule has 0 unspecified atom stereocenters. The average Bonchev–Trinajstić information content (AvgIpc) is 3.00. The molecule has 0 bridgehead atoms. The second-order valence-corrected chi connectivity index (χ2v) is 7.50. The summed E-state index contributed by atoms with van der Waals surface area (Å²) in [5.74, 6) is -0.322. The zero-order valence-electron chi connectivity index (χ0n) is 13.7. The molecule has 0 radical (unpaired) electrons. The Bertz CT molecular complexity index is 1170. The van der Waals surface area contributed by atoms with Crippen LogP contribution in [-0.4, -0.2) is 14.8 Å². The van der Waals surface area contributed by atoms with Crippen molar-refractivity contribution < 1.29 is 4.39 Å². The van der Waals surface area contributed by atoms with Crippen molar-refractivity contribution in [3.63, 3.8) is 0 Å². The third-order valence-electron chi connectivity index (χ3n) is 3.95. The maximum atomic E-state index is 13.3. The van der Waals surface area contributed by atoms with E-state index < -0.39 is 0 Å². The minimum Gasteiger partial charge on any atom is -0.265 e. The summed E-state index contributed by atoms with van der Waals surface area (Å²) in [4.78, 5) is 17.2. The number of fused-ring (bicyclic) bond motifs is 1. The predicted octanol–water partition coefficient (Wildman–Crippen LogP) is 4.67. The standard InChI is InChI=1S/C19H13ClFN3OS/c1-11-22-17-18(26-11)16(13-5-7-15(21)8-6-13)23-24(19(17)25)10-12-3-2-4-14(20)9-12/h2-9H,10H2,1H3. The van der Waals surface area contributed by atoms with Gasteiger partial charge in [0.2, 0.25) is 0 Å². The van der Waals surface area contributed by atoms with Crippen molar-refractivity contribution in [1.29, 1.82) is 0 Å². The molecule has 0 aliphatic carbocycles. The van der Waals surface area contributed by atoms with Crippen molar-refractivity contribution in [2.45, 2.75) is 13.5 Å². The topological polar surface area (TPSA) is 47.8 Å². The molecule has 0 saturated carbocycles. The number of aryl methyl sites for hydroxylation is 1.